The summed E-state index contributed by atoms with van der Waals surface area (Å²) in [5.41, 5.74) is 5.25. The zero-order chi connectivity index (χ0) is 22.5. The number of aromatic nitrogens is 3. The first-order valence-corrected chi connectivity index (χ1v) is 11.4. The molecule has 0 saturated carbocycles. The van der Waals surface area contributed by atoms with Gasteiger partial charge >= 0.3 is 0 Å². The van der Waals surface area contributed by atoms with E-state index in [1.807, 2.05) is 35.4 Å². The van der Waals surface area contributed by atoms with Crippen LogP contribution in [0.1, 0.15) is 45.0 Å². The van der Waals surface area contributed by atoms with Crippen LogP contribution in [0.4, 0.5) is 0 Å². The molecule has 32 heavy (non-hydrogen) atoms. The molecule has 1 aliphatic rings. The van der Waals surface area contributed by atoms with E-state index in [2.05, 4.69) is 27.6 Å². The number of pyridine rings is 1. The Morgan fingerprint density at radius 3 is 2.66 bits per heavy atom. The topological polar surface area (TPSA) is 73.6 Å². The number of piperidine rings is 1. The number of imidazole rings is 1. The van der Waals surface area contributed by atoms with Gasteiger partial charge in [-0.15, -0.1) is 0 Å². The van der Waals surface area contributed by atoms with Crippen molar-refractivity contribution in [1.29, 1.82) is 0 Å². The van der Waals surface area contributed by atoms with E-state index in [9.17, 15) is 9.90 Å². The molecule has 4 heterocycles. The molecule has 0 radical (unpaired) electrons. The van der Waals surface area contributed by atoms with E-state index < -0.39 is 5.60 Å². The number of aliphatic hydroxyl groups is 1. The number of benzene rings is 1. The van der Waals surface area contributed by atoms with Crippen molar-refractivity contribution in [2.75, 3.05) is 13.1 Å². The van der Waals surface area contributed by atoms with Gasteiger partial charge in [-0.1, -0.05) is 24.3 Å². The number of rotatable bonds is 4. The van der Waals surface area contributed by atoms with Gasteiger partial charge in [0.15, 0.2) is 0 Å². The highest BCUT2D eigenvalue weighted by Gasteiger charge is 2.25. The normalized spacial score (nSPS) is 17.4. The van der Waals surface area contributed by atoms with E-state index in [0.29, 0.717) is 5.92 Å². The average Bonchev–Trinajstić information content (AvgIpc) is 3.38. The summed E-state index contributed by atoms with van der Waals surface area (Å²) < 4.78 is 2.26. The second kappa shape index (κ2) is 7.78. The SMILES string of the molecule is CC(=O)N1CCCC(Cc2nc(-c3ccc(C(C)(C)O)cc3)c3ccc4[nH]ccc4n23)C1. The number of fused-ring (bicyclic) bond motifs is 3. The predicted octanol–water partition coefficient (Wildman–Crippen LogP) is 4.51. The van der Waals surface area contributed by atoms with E-state index in [0.717, 1.165) is 71.5 Å². The van der Waals surface area contributed by atoms with Gasteiger partial charge in [-0.25, -0.2) is 4.98 Å². The fourth-order valence-corrected chi connectivity index (χ4v) is 4.93. The monoisotopic (exact) mass is 430 g/mol. The van der Waals surface area contributed by atoms with Gasteiger partial charge in [-0.2, -0.15) is 0 Å². The molecule has 4 aromatic rings. The number of carbonyl (C=O) groups is 1. The smallest absolute Gasteiger partial charge is 0.219 e. The van der Waals surface area contributed by atoms with E-state index in [-0.39, 0.29) is 5.91 Å². The molecule has 1 unspecified atom stereocenters. The number of carbonyl (C=O) groups excluding carboxylic acids is 1. The fraction of sp³-hybridized carbons (Fsp3) is 0.385. The molecule has 2 N–H and O–H groups in total. The lowest BCUT2D eigenvalue weighted by Crippen LogP contribution is -2.39. The number of aromatic amines is 1. The molecule has 166 valence electrons. The third-order valence-corrected chi connectivity index (χ3v) is 6.69. The highest BCUT2D eigenvalue weighted by molar-refractivity contribution is 5.87. The van der Waals surface area contributed by atoms with Gasteiger partial charge < -0.3 is 15.0 Å². The van der Waals surface area contributed by atoms with Crippen molar-refractivity contribution in [1.82, 2.24) is 19.3 Å². The maximum atomic E-state index is 11.9. The molecular weight excluding hydrogens is 400 g/mol. The Balaban J connectivity index is 1.58. The molecule has 6 heteroatoms. The Morgan fingerprint density at radius 1 is 1.16 bits per heavy atom. The van der Waals surface area contributed by atoms with Crippen LogP contribution in [0.3, 0.4) is 0 Å². The second-order valence-electron chi connectivity index (χ2n) is 9.52. The van der Waals surface area contributed by atoms with Crippen LogP contribution in [0.15, 0.2) is 48.7 Å². The summed E-state index contributed by atoms with van der Waals surface area (Å²) in [7, 11) is 0. The minimum absolute atomic E-state index is 0.156. The lowest BCUT2D eigenvalue weighted by Gasteiger charge is -2.31. The summed E-state index contributed by atoms with van der Waals surface area (Å²) in [6, 6.07) is 14.3. The van der Waals surface area contributed by atoms with Gasteiger partial charge in [0, 0.05) is 38.2 Å². The molecule has 1 saturated heterocycles. The lowest BCUT2D eigenvalue weighted by atomic mass is 9.94. The minimum atomic E-state index is -0.874. The Bertz CT molecular complexity index is 1280. The van der Waals surface area contributed by atoms with Crippen LogP contribution in [0, 0.1) is 5.92 Å². The molecule has 1 aromatic carbocycles. The van der Waals surface area contributed by atoms with Crippen LogP contribution in [0.5, 0.6) is 0 Å². The van der Waals surface area contributed by atoms with Crippen molar-refractivity contribution in [3.63, 3.8) is 0 Å². The summed E-state index contributed by atoms with van der Waals surface area (Å²) in [5.74, 6) is 1.59. The molecule has 1 amide bonds. The Labute approximate surface area is 187 Å². The van der Waals surface area contributed by atoms with Crippen LogP contribution in [-0.4, -0.2) is 43.4 Å². The zero-order valence-corrected chi connectivity index (χ0v) is 18.9. The van der Waals surface area contributed by atoms with Crippen molar-refractivity contribution < 1.29 is 9.90 Å². The Hall–Kier alpha value is -3.12. The highest BCUT2D eigenvalue weighted by atomic mass is 16.3. The second-order valence-corrected chi connectivity index (χ2v) is 9.52. The molecule has 1 aliphatic heterocycles. The summed E-state index contributed by atoms with van der Waals surface area (Å²) in [6.07, 6.45) is 4.94. The largest absolute Gasteiger partial charge is 0.386 e. The summed E-state index contributed by atoms with van der Waals surface area (Å²) in [5, 5.41) is 10.3. The van der Waals surface area contributed by atoms with Gasteiger partial charge in [0.05, 0.1) is 27.8 Å². The van der Waals surface area contributed by atoms with Crippen LogP contribution < -0.4 is 0 Å². The Morgan fingerprint density at radius 2 is 1.94 bits per heavy atom. The number of likely N-dealkylation sites (tertiary alicyclic amines) is 1. The number of nitrogens with one attached hydrogen (secondary N) is 1. The number of hydrogen-bond acceptors (Lipinski definition) is 3. The number of nitrogens with zero attached hydrogens (tertiary/aromatic N) is 3. The van der Waals surface area contributed by atoms with Gasteiger partial charge in [0.1, 0.15) is 5.82 Å². The fourth-order valence-electron chi connectivity index (χ4n) is 4.93. The summed E-state index contributed by atoms with van der Waals surface area (Å²) >= 11 is 0. The molecule has 5 rings (SSSR count). The molecule has 0 aliphatic carbocycles. The maximum Gasteiger partial charge on any atom is 0.219 e. The third-order valence-electron chi connectivity index (χ3n) is 6.69. The molecule has 1 fully saturated rings. The third kappa shape index (κ3) is 3.69. The quantitative estimate of drug-likeness (QED) is 0.500. The van der Waals surface area contributed by atoms with E-state index in [4.69, 9.17) is 4.98 Å². The molecule has 6 nitrogen and oxygen atoms in total. The van der Waals surface area contributed by atoms with Crippen LogP contribution >= 0.6 is 0 Å². The van der Waals surface area contributed by atoms with Crippen LogP contribution in [0.2, 0.25) is 0 Å². The molecule has 3 aromatic heterocycles. The van der Waals surface area contributed by atoms with Crippen molar-refractivity contribution in [3.05, 3.63) is 60.0 Å². The van der Waals surface area contributed by atoms with E-state index >= 15 is 0 Å². The van der Waals surface area contributed by atoms with Crippen molar-refractivity contribution in [3.8, 4) is 11.3 Å². The average molecular weight is 431 g/mol. The number of hydrogen-bond donors (Lipinski definition) is 2. The lowest BCUT2D eigenvalue weighted by molar-refractivity contribution is -0.130. The predicted molar refractivity (Wildman–Crippen MR) is 126 cm³/mol. The van der Waals surface area contributed by atoms with Crippen LogP contribution in [-0.2, 0) is 16.8 Å². The summed E-state index contributed by atoms with van der Waals surface area (Å²) in [4.78, 5) is 22.3. The summed E-state index contributed by atoms with van der Waals surface area (Å²) in [6.45, 7) is 6.90. The first kappa shape index (κ1) is 20.8. The number of H-pyrrole nitrogens is 1. The number of amides is 1. The minimum Gasteiger partial charge on any atom is -0.386 e. The molecule has 1 atom stereocenters. The van der Waals surface area contributed by atoms with Crippen molar-refractivity contribution in [2.45, 2.75) is 45.6 Å². The van der Waals surface area contributed by atoms with Crippen molar-refractivity contribution >= 4 is 22.5 Å². The van der Waals surface area contributed by atoms with Gasteiger partial charge in [-0.3, -0.25) is 9.20 Å². The standard InChI is InChI=1S/C26H30N4O2/c1-17(31)29-14-4-5-18(16-29)15-24-28-25(19-6-8-20(9-7-19)26(2,3)32)23-11-10-21-22(30(23)24)12-13-27-21/h6-13,18,27,32H,4-5,14-16H2,1-3H3. The zero-order valence-electron chi connectivity index (χ0n) is 18.9. The van der Waals surface area contributed by atoms with Crippen molar-refractivity contribution in [2.24, 2.45) is 5.92 Å². The first-order chi connectivity index (χ1) is 15.3. The van der Waals surface area contributed by atoms with Gasteiger partial charge in [0.2, 0.25) is 5.91 Å². The molecule has 0 spiro atoms. The van der Waals surface area contributed by atoms with Gasteiger partial charge in [0.25, 0.3) is 0 Å². The van der Waals surface area contributed by atoms with E-state index in [1.165, 1.54) is 0 Å². The molecular formula is C26H30N4O2. The first-order valence-electron chi connectivity index (χ1n) is 11.4. The maximum absolute atomic E-state index is 11.9. The van der Waals surface area contributed by atoms with E-state index in [1.54, 1.807) is 20.8 Å². The Kier molecular flexibility index (Phi) is 5.05. The van der Waals surface area contributed by atoms with Gasteiger partial charge in [-0.05, 0) is 56.4 Å². The molecule has 0 bridgehead atoms. The van der Waals surface area contributed by atoms with Crippen LogP contribution in [0.25, 0.3) is 27.8 Å². The highest BCUT2D eigenvalue weighted by Crippen LogP contribution is 2.32.